The molecule has 0 unspecified atom stereocenters. The van der Waals surface area contributed by atoms with Crippen molar-refractivity contribution in [3.05, 3.63) is 218 Å². The van der Waals surface area contributed by atoms with Crippen LogP contribution in [0.15, 0.2) is 212 Å². The van der Waals surface area contributed by atoms with E-state index in [1.807, 2.05) is 0 Å². The standard InChI is InChI=1S/C60H39N3/c1-2-16-39(17-3-1)60-62-56-28-14-15-29-58(56)63(60)42-32-30-38(31-33-42)51-37-57(54-35-41-19-5-7-21-44(41)46-23-9-11-25-48(46)54)61-59-50-27-13-12-26-49(50)53(36-55(51)59)52-34-40-18-4-6-20-43(40)45-22-8-10-24-47(45)52/h1-2,4-16,18-37H,3,17H2. The Morgan fingerprint density at radius 1 is 0.413 bits per heavy atom. The number of allylic oxidation sites excluding steroid dienone is 4. The van der Waals surface area contributed by atoms with Gasteiger partial charge in [-0.3, -0.25) is 4.57 Å². The van der Waals surface area contributed by atoms with E-state index in [-0.39, 0.29) is 0 Å². The minimum Gasteiger partial charge on any atom is -0.293 e. The minimum atomic E-state index is 0.956. The van der Waals surface area contributed by atoms with Gasteiger partial charge in [0, 0.05) is 22.0 Å². The lowest BCUT2D eigenvalue weighted by atomic mass is 9.87. The number of rotatable bonds is 5. The Morgan fingerprint density at radius 3 is 1.65 bits per heavy atom. The van der Waals surface area contributed by atoms with Gasteiger partial charge in [0.2, 0.25) is 0 Å². The summed E-state index contributed by atoms with van der Waals surface area (Å²) < 4.78 is 2.33. The largest absolute Gasteiger partial charge is 0.293 e. The lowest BCUT2D eigenvalue weighted by Gasteiger charge is -2.19. The van der Waals surface area contributed by atoms with E-state index in [1.54, 1.807) is 0 Å². The first kappa shape index (κ1) is 35.6. The highest BCUT2D eigenvalue weighted by Gasteiger charge is 2.21. The number of aromatic nitrogens is 3. The molecule has 0 amide bonds. The number of imidazole rings is 1. The van der Waals surface area contributed by atoms with Crippen LogP contribution in [0, 0.1) is 0 Å². The Hall–Kier alpha value is -8.14. The van der Waals surface area contributed by atoms with Gasteiger partial charge in [-0.2, -0.15) is 0 Å². The topological polar surface area (TPSA) is 30.7 Å². The summed E-state index contributed by atoms with van der Waals surface area (Å²) in [6, 6.07) is 71.0. The van der Waals surface area contributed by atoms with Gasteiger partial charge in [-0.15, -0.1) is 0 Å². The third-order valence-corrected chi connectivity index (χ3v) is 13.2. The highest BCUT2D eigenvalue weighted by Crippen LogP contribution is 2.45. The fourth-order valence-electron chi connectivity index (χ4n) is 10.3. The van der Waals surface area contributed by atoms with Gasteiger partial charge in [0.05, 0.1) is 22.2 Å². The molecular weight excluding hydrogens is 763 g/mol. The molecule has 1 aliphatic rings. The molecule has 0 atom stereocenters. The molecule has 294 valence electrons. The number of benzene rings is 10. The van der Waals surface area contributed by atoms with Gasteiger partial charge in [-0.25, -0.2) is 9.97 Å². The molecule has 0 radical (unpaired) electrons. The summed E-state index contributed by atoms with van der Waals surface area (Å²) in [6.07, 6.45) is 8.60. The smallest absolute Gasteiger partial charge is 0.141 e. The van der Waals surface area contributed by atoms with Crippen LogP contribution in [0.3, 0.4) is 0 Å². The predicted octanol–water partition coefficient (Wildman–Crippen LogP) is 16.1. The van der Waals surface area contributed by atoms with Crippen molar-refractivity contribution in [1.29, 1.82) is 0 Å². The molecule has 0 fully saturated rings. The molecule has 2 heterocycles. The molecule has 1 aliphatic carbocycles. The summed E-state index contributed by atoms with van der Waals surface area (Å²) in [7, 11) is 0. The van der Waals surface area contributed by atoms with Crippen LogP contribution < -0.4 is 0 Å². The maximum absolute atomic E-state index is 5.70. The number of hydrogen-bond donors (Lipinski definition) is 0. The molecule has 0 spiro atoms. The van der Waals surface area contributed by atoms with Crippen molar-refractivity contribution in [3.63, 3.8) is 0 Å². The first-order valence-electron chi connectivity index (χ1n) is 21.9. The number of nitrogens with zero attached hydrogens (tertiary/aromatic N) is 3. The van der Waals surface area contributed by atoms with Crippen LogP contribution in [0.25, 0.3) is 121 Å². The molecule has 0 aliphatic heterocycles. The van der Waals surface area contributed by atoms with Crippen LogP contribution >= 0.6 is 0 Å². The second-order valence-electron chi connectivity index (χ2n) is 16.8. The Balaban J connectivity index is 1.10. The minimum absolute atomic E-state index is 0.956. The van der Waals surface area contributed by atoms with Gasteiger partial charge in [0.15, 0.2) is 0 Å². The van der Waals surface area contributed by atoms with E-state index < -0.39 is 0 Å². The van der Waals surface area contributed by atoms with Gasteiger partial charge in [-0.1, -0.05) is 164 Å². The Labute approximate surface area is 364 Å². The molecule has 0 saturated carbocycles. The van der Waals surface area contributed by atoms with Crippen LogP contribution in [0.5, 0.6) is 0 Å². The summed E-state index contributed by atoms with van der Waals surface area (Å²) in [5.74, 6) is 1.01. The van der Waals surface area contributed by atoms with Crippen molar-refractivity contribution in [1.82, 2.24) is 14.5 Å². The average Bonchev–Trinajstić information content (AvgIpc) is 3.75. The maximum atomic E-state index is 5.70. The van der Waals surface area contributed by atoms with Crippen LogP contribution in [0.2, 0.25) is 0 Å². The SMILES string of the molecule is C1=CCCC(c2nc3ccccc3n2-c2ccc(-c3cc(-c4cc5ccccc5c5ccccc45)nc4c3cc(-c3cc5ccccc5c5ccccc35)c3ccccc34)cc2)=C1. The second kappa shape index (κ2) is 14.2. The zero-order valence-electron chi connectivity index (χ0n) is 34.5. The van der Waals surface area contributed by atoms with E-state index >= 15 is 0 Å². The number of pyridine rings is 1. The molecule has 10 aromatic carbocycles. The highest BCUT2D eigenvalue weighted by atomic mass is 15.1. The van der Waals surface area contributed by atoms with Crippen molar-refractivity contribution in [2.24, 2.45) is 0 Å². The fraction of sp³-hybridized carbons (Fsp3) is 0.0333. The van der Waals surface area contributed by atoms with Gasteiger partial charge >= 0.3 is 0 Å². The zero-order valence-corrected chi connectivity index (χ0v) is 34.5. The Bertz CT molecular complexity index is 3900. The van der Waals surface area contributed by atoms with E-state index in [0.29, 0.717) is 0 Å². The van der Waals surface area contributed by atoms with E-state index in [0.717, 1.165) is 74.1 Å². The van der Waals surface area contributed by atoms with Crippen LogP contribution in [-0.2, 0) is 0 Å². The first-order valence-corrected chi connectivity index (χ1v) is 21.9. The number of fused-ring (bicyclic) bond motifs is 10. The van der Waals surface area contributed by atoms with E-state index in [2.05, 4.69) is 217 Å². The van der Waals surface area contributed by atoms with Gasteiger partial charge in [-0.05, 0) is 138 Å². The monoisotopic (exact) mass is 801 g/mol. The van der Waals surface area contributed by atoms with Gasteiger partial charge in [0.1, 0.15) is 5.82 Å². The maximum Gasteiger partial charge on any atom is 0.141 e. The Kier molecular flexibility index (Phi) is 8.04. The lowest BCUT2D eigenvalue weighted by molar-refractivity contribution is 0.982. The molecule has 3 nitrogen and oxygen atoms in total. The van der Waals surface area contributed by atoms with Crippen molar-refractivity contribution in [2.45, 2.75) is 12.8 Å². The number of hydrogen-bond acceptors (Lipinski definition) is 2. The Morgan fingerprint density at radius 2 is 0.968 bits per heavy atom. The lowest BCUT2D eigenvalue weighted by Crippen LogP contribution is -2.02. The molecule has 0 bridgehead atoms. The normalized spacial score (nSPS) is 13.0. The third-order valence-electron chi connectivity index (χ3n) is 13.2. The van der Waals surface area contributed by atoms with Crippen LogP contribution in [0.4, 0.5) is 0 Å². The molecule has 2 aromatic heterocycles. The molecule has 3 heteroatoms. The van der Waals surface area contributed by atoms with Crippen molar-refractivity contribution in [2.75, 3.05) is 0 Å². The van der Waals surface area contributed by atoms with E-state index in [1.165, 1.54) is 65.2 Å². The molecule has 0 N–H and O–H groups in total. The van der Waals surface area contributed by atoms with Crippen molar-refractivity contribution < 1.29 is 0 Å². The third kappa shape index (κ3) is 5.67. The van der Waals surface area contributed by atoms with Crippen molar-refractivity contribution >= 4 is 81.4 Å². The summed E-state index contributed by atoms with van der Waals surface area (Å²) in [5, 5.41) is 13.3. The summed E-state index contributed by atoms with van der Waals surface area (Å²) in [4.78, 5) is 10.9. The molecular formula is C60H39N3. The molecule has 13 rings (SSSR count). The molecule has 12 aromatic rings. The van der Waals surface area contributed by atoms with Gasteiger partial charge < -0.3 is 0 Å². The quantitative estimate of drug-likeness (QED) is 0.162. The fourth-order valence-corrected chi connectivity index (χ4v) is 10.3. The van der Waals surface area contributed by atoms with Crippen LogP contribution in [-0.4, -0.2) is 14.5 Å². The predicted molar refractivity (Wildman–Crippen MR) is 267 cm³/mol. The molecule has 63 heavy (non-hydrogen) atoms. The van der Waals surface area contributed by atoms with Crippen molar-refractivity contribution in [3.8, 4) is 39.2 Å². The molecule has 0 saturated heterocycles. The van der Waals surface area contributed by atoms with Gasteiger partial charge in [0.25, 0.3) is 0 Å². The average molecular weight is 802 g/mol. The first-order chi connectivity index (χ1) is 31.2. The zero-order chi connectivity index (χ0) is 41.4. The van der Waals surface area contributed by atoms with E-state index in [9.17, 15) is 0 Å². The second-order valence-corrected chi connectivity index (χ2v) is 16.8. The summed E-state index contributed by atoms with van der Waals surface area (Å²) in [5.41, 5.74) is 12.2. The van der Waals surface area contributed by atoms with Crippen LogP contribution in [0.1, 0.15) is 18.7 Å². The summed E-state index contributed by atoms with van der Waals surface area (Å²) >= 11 is 0. The van der Waals surface area contributed by atoms with E-state index in [4.69, 9.17) is 9.97 Å². The summed E-state index contributed by atoms with van der Waals surface area (Å²) in [6.45, 7) is 0. The highest BCUT2D eigenvalue weighted by molar-refractivity contribution is 6.22. The number of para-hydroxylation sites is 2.